The van der Waals surface area contributed by atoms with Crippen LogP contribution in [0.4, 0.5) is 5.95 Å². The molecular weight excluding hydrogens is 242 g/mol. The van der Waals surface area contributed by atoms with Gasteiger partial charge in [-0.15, -0.1) is 0 Å². The Morgan fingerprint density at radius 3 is 3.11 bits per heavy atom. The van der Waals surface area contributed by atoms with Gasteiger partial charge in [0.25, 0.3) is 0 Å². The highest BCUT2D eigenvalue weighted by Crippen LogP contribution is 2.22. The largest absolute Gasteiger partial charge is 0.378 e. The molecule has 0 aliphatic carbocycles. The lowest BCUT2D eigenvalue weighted by atomic mass is 9.94. The molecule has 1 N–H and O–H groups in total. The highest BCUT2D eigenvalue weighted by Gasteiger charge is 2.29. The molecule has 0 saturated carbocycles. The fraction of sp³-hybridized carbons (Fsp3) is 0.714. The van der Waals surface area contributed by atoms with E-state index in [1.807, 2.05) is 17.7 Å². The van der Waals surface area contributed by atoms with Crippen LogP contribution in [-0.2, 0) is 16.1 Å². The van der Waals surface area contributed by atoms with E-state index in [-0.39, 0.29) is 17.9 Å². The maximum Gasteiger partial charge on any atom is 0.232 e. The second kappa shape index (κ2) is 6.19. The van der Waals surface area contributed by atoms with Crippen molar-refractivity contribution in [2.75, 3.05) is 11.9 Å². The minimum atomic E-state index is -0.0713. The molecule has 2 atom stereocenters. The summed E-state index contributed by atoms with van der Waals surface area (Å²) in [5, 5.41) is 2.93. The van der Waals surface area contributed by atoms with Crippen LogP contribution in [0.15, 0.2) is 12.4 Å². The number of hydrogen-bond acceptors (Lipinski definition) is 3. The topological polar surface area (TPSA) is 56.2 Å². The van der Waals surface area contributed by atoms with E-state index in [1.165, 1.54) is 0 Å². The smallest absolute Gasteiger partial charge is 0.232 e. The maximum atomic E-state index is 12.3. The average Bonchev–Trinajstić information content (AvgIpc) is 2.76. The Kier molecular flexibility index (Phi) is 4.58. The van der Waals surface area contributed by atoms with Gasteiger partial charge in [0.15, 0.2) is 0 Å². The lowest BCUT2D eigenvalue weighted by Gasteiger charge is -2.27. The molecule has 1 aromatic rings. The van der Waals surface area contributed by atoms with Crippen molar-refractivity contribution >= 4 is 11.9 Å². The number of carbonyl (C=O) groups is 1. The molecule has 0 radical (unpaired) electrons. The first kappa shape index (κ1) is 14.1. The van der Waals surface area contributed by atoms with Gasteiger partial charge in [-0.25, -0.2) is 4.98 Å². The first-order valence-electron chi connectivity index (χ1n) is 7.01. The van der Waals surface area contributed by atoms with E-state index in [0.717, 1.165) is 26.0 Å². The summed E-state index contributed by atoms with van der Waals surface area (Å²) in [6, 6.07) is 0. The molecule has 1 saturated heterocycles. The monoisotopic (exact) mass is 265 g/mol. The van der Waals surface area contributed by atoms with Crippen molar-refractivity contribution in [2.24, 2.45) is 11.8 Å². The summed E-state index contributed by atoms with van der Waals surface area (Å²) in [6.45, 7) is 7.86. The first-order chi connectivity index (χ1) is 9.08. The molecule has 1 aromatic heterocycles. The zero-order valence-corrected chi connectivity index (χ0v) is 11.9. The molecule has 1 aliphatic heterocycles. The van der Waals surface area contributed by atoms with Crippen molar-refractivity contribution in [3.05, 3.63) is 12.4 Å². The molecule has 2 rings (SSSR count). The van der Waals surface area contributed by atoms with Gasteiger partial charge in [-0.3, -0.25) is 10.1 Å². The van der Waals surface area contributed by atoms with Gasteiger partial charge >= 0.3 is 0 Å². The lowest BCUT2D eigenvalue weighted by molar-refractivity contribution is -0.127. The number of nitrogens with zero attached hydrogens (tertiary/aromatic N) is 2. The fourth-order valence-electron chi connectivity index (χ4n) is 2.44. The Morgan fingerprint density at radius 1 is 1.63 bits per heavy atom. The van der Waals surface area contributed by atoms with Gasteiger partial charge in [0.2, 0.25) is 11.9 Å². The highest BCUT2D eigenvalue weighted by atomic mass is 16.5. The molecule has 19 heavy (non-hydrogen) atoms. The Hall–Kier alpha value is -1.36. The van der Waals surface area contributed by atoms with Gasteiger partial charge in [-0.1, -0.05) is 13.8 Å². The van der Waals surface area contributed by atoms with Gasteiger partial charge in [-0.2, -0.15) is 0 Å². The fourth-order valence-corrected chi connectivity index (χ4v) is 2.44. The van der Waals surface area contributed by atoms with Crippen LogP contribution < -0.4 is 5.32 Å². The summed E-state index contributed by atoms with van der Waals surface area (Å²) in [6.07, 6.45) is 5.44. The van der Waals surface area contributed by atoms with Crippen LogP contribution in [0, 0.1) is 11.8 Å². The predicted molar refractivity (Wildman–Crippen MR) is 73.8 cm³/mol. The molecule has 1 amide bonds. The molecule has 1 fully saturated rings. The normalized spacial score (nSPS) is 23.6. The number of hydrogen-bond donors (Lipinski definition) is 1. The van der Waals surface area contributed by atoms with Gasteiger partial charge in [-0.05, 0) is 25.7 Å². The second-order valence-electron chi connectivity index (χ2n) is 5.61. The van der Waals surface area contributed by atoms with Crippen LogP contribution in [0.2, 0.25) is 0 Å². The Balaban J connectivity index is 2.00. The molecule has 5 heteroatoms. The number of rotatable bonds is 4. The number of anilines is 1. The van der Waals surface area contributed by atoms with Crippen LogP contribution in [0.25, 0.3) is 0 Å². The summed E-state index contributed by atoms with van der Waals surface area (Å²) < 4.78 is 7.52. The number of imidazole rings is 1. The number of amides is 1. The van der Waals surface area contributed by atoms with Gasteiger partial charge in [0.05, 0.1) is 12.0 Å². The predicted octanol–water partition coefficient (Wildman–Crippen LogP) is 2.29. The molecule has 2 heterocycles. The lowest BCUT2D eigenvalue weighted by Crippen LogP contribution is -2.37. The van der Waals surface area contributed by atoms with E-state index < -0.39 is 0 Å². The van der Waals surface area contributed by atoms with Crippen LogP contribution >= 0.6 is 0 Å². The zero-order valence-electron chi connectivity index (χ0n) is 11.9. The van der Waals surface area contributed by atoms with Crippen LogP contribution in [-0.4, -0.2) is 28.2 Å². The first-order valence-corrected chi connectivity index (χ1v) is 7.01. The van der Waals surface area contributed by atoms with E-state index in [2.05, 4.69) is 24.1 Å². The maximum absolute atomic E-state index is 12.3. The minimum absolute atomic E-state index is 0.0118. The van der Waals surface area contributed by atoms with Crippen molar-refractivity contribution in [3.8, 4) is 0 Å². The Morgan fingerprint density at radius 2 is 2.42 bits per heavy atom. The number of aromatic nitrogens is 2. The number of carbonyl (C=O) groups excluding carboxylic acids is 1. The molecule has 0 unspecified atom stereocenters. The van der Waals surface area contributed by atoms with Crippen LogP contribution in [0.3, 0.4) is 0 Å². The zero-order chi connectivity index (χ0) is 13.8. The Bertz CT molecular complexity index is 428. The third-order valence-corrected chi connectivity index (χ3v) is 3.46. The second-order valence-corrected chi connectivity index (χ2v) is 5.61. The van der Waals surface area contributed by atoms with E-state index in [1.54, 1.807) is 6.20 Å². The van der Waals surface area contributed by atoms with Crippen LogP contribution in [0.5, 0.6) is 0 Å². The third-order valence-electron chi connectivity index (χ3n) is 3.46. The van der Waals surface area contributed by atoms with E-state index in [0.29, 0.717) is 11.9 Å². The summed E-state index contributed by atoms with van der Waals surface area (Å²) >= 11 is 0. The molecule has 1 aliphatic rings. The third kappa shape index (κ3) is 3.56. The minimum Gasteiger partial charge on any atom is -0.378 e. The van der Waals surface area contributed by atoms with Gasteiger partial charge in [0, 0.05) is 25.5 Å². The van der Waals surface area contributed by atoms with Crippen molar-refractivity contribution < 1.29 is 9.53 Å². The molecule has 0 bridgehead atoms. The van der Waals surface area contributed by atoms with Crippen LogP contribution in [0.1, 0.15) is 33.6 Å². The molecule has 0 spiro atoms. The average molecular weight is 265 g/mol. The summed E-state index contributed by atoms with van der Waals surface area (Å²) in [5.41, 5.74) is 0. The van der Waals surface area contributed by atoms with E-state index in [9.17, 15) is 4.79 Å². The number of nitrogens with one attached hydrogen (secondary N) is 1. The quantitative estimate of drug-likeness (QED) is 0.908. The van der Waals surface area contributed by atoms with E-state index >= 15 is 0 Å². The number of ether oxygens (including phenoxy) is 1. The summed E-state index contributed by atoms with van der Waals surface area (Å²) in [5.74, 6) is 1.10. The van der Waals surface area contributed by atoms with Gasteiger partial charge in [0.1, 0.15) is 0 Å². The van der Waals surface area contributed by atoms with Gasteiger partial charge < -0.3 is 9.30 Å². The summed E-state index contributed by atoms with van der Waals surface area (Å²) in [4.78, 5) is 16.5. The standard InChI is InChI=1S/C14H23N3O2/c1-10(2)9-17-7-6-15-14(17)16-13(18)12-5-4-8-19-11(12)3/h6-7,10-12H,4-5,8-9H2,1-3H3,(H,15,16,18)/t11-,12-/m0/s1. The van der Waals surface area contributed by atoms with Crippen molar-refractivity contribution in [1.82, 2.24) is 9.55 Å². The Labute approximate surface area is 114 Å². The molecule has 106 valence electrons. The van der Waals surface area contributed by atoms with Crippen molar-refractivity contribution in [2.45, 2.75) is 46.3 Å². The highest BCUT2D eigenvalue weighted by molar-refractivity contribution is 5.91. The SMILES string of the molecule is CC(C)Cn1ccnc1NC(=O)[C@H]1CCCO[C@H]1C. The van der Waals surface area contributed by atoms with E-state index in [4.69, 9.17) is 4.74 Å². The van der Waals surface area contributed by atoms with Crippen molar-refractivity contribution in [1.29, 1.82) is 0 Å². The van der Waals surface area contributed by atoms with Crippen molar-refractivity contribution in [3.63, 3.8) is 0 Å². The molecule has 0 aromatic carbocycles. The molecule has 5 nitrogen and oxygen atoms in total. The summed E-state index contributed by atoms with van der Waals surface area (Å²) in [7, 11) is 0. The molecular formula is C14H23N3O2.